The normalized spacial score (nSPS) is 15.5. The van der Waals surface area contributed by atoms with Crippen molar-refractivity contribution in [2.45, 2.75) is 13.0 Å². The number of imidazole rings is 1. The van der Waals surface area contributed by atoms with E-state index in [0.717, 1.165) is 42.1 Å². The Balaban J connectivity index is 1.30. The minimum atomic E-state index is -0.277. The molecule has 2 heterocycles. The van der Waals surface area contributed by atoms with Crippen molar-refractivity contribution in [3.63, 3.8) is 0 Å². The first-order valence-electron chi connectivity index (χ1n) is 8.85. The first-order valence-corrected chi connectivity index (χ1v) is 8.85. The molecule has 1 aromatic heterocycles. The summed E-state index contributed by atoms with van der Waals surface area (Å²) in [6.07, 6.45) is 0.323. The van der Waals surface area contributed by atoms with E-state index in [4.69, 9.17) is 0 Å². The molecule has 26 heavy (non-hydrogen) atoms. The molecular formula is C20H21FN4O. The Bertz CT molecular complexity index is 865. The molecule has 0 bridgehead atoms. The van der Waals surface area contributed by atoms with E-state index in [1.165, 1.54) is 12.1 Å². The Morgan fingerprint density at radius 1 is 1.04 bits per heavy atom. The number of nitrogens with zero attached hydrogens (tertiary/aromatic N) is 3. The summed E-state index contributed by atoms with van der Waals surface area (Å²) in [5.74, 6) is 0.776. The zero-order valence-electron chi connectivity index (χ0n) is 14.5. The van der Waals surface area contributed by atoms with Gasteiger partial charge in [-0.05, 0) is 29.8 Å². The van der Waals surface area contributed by atoms with E-state index in [9.17, 15) is 9.18 Å². The van der Waals surface area contributed by atoms with Crippen molar-refractivity contribution >= 4 is 16.9 Å². The Kier molecular flexibility index (Phi) is 4.67. The molecule has 2 aromatic carbocycles. The first-order chi connectivity index (χ1) is 12.7. The fourth-order valence-corrected chi connectivity index (χ4v) is 3.34. The minimum absolute atomic E-state index is 0.0972. The minimum Gasteiger partial charge on any atom is -0.341 e. The molecule has 0 atom stereocenters. The van der Waals surface area contributed by atoms with Gasteiger partial charge >= 0.3 is 0 Å². The number of rotatable bonds is 4. The first kappa shape index (κ1) is 16.7. The number of carbonyl (C=O) groups is 1. The van der Waals surface area contributed by atoms with E-state index in [0.29, 0.717) is 19.5 Å². The summed E-state index contributed by atoms with van der Waals surface area (Å²) >= 11 is 0. The molecule has 0 spiro atoms. The number of benzene rings is 2. The second kappa shape index (κ2) is 7.25. The molecule has 5 nitrogen and oxygen atoms in total. The van der Waals surface area contributed by atoms with Gasteiger partial charge in [0.25, 0.3) is 0 Å². The van der Waals surface area contributed by atoms with Crippen molar-refractivity contribution in [1.29, 1.82) is 0 Å². The molecule has 1 aliphatic rings. The number of piperazine rings is 1. The molecule has 0 saturated carbocycles. The Hall–Kier alpha value is -2.73. The third-order valence-electron chi connectivity index (χ3n) is 4.81. The molecule has 3 aromatic rings. The van der Waals surface area contributed by atoms with Crippen LogP contribution in [0.1, 0.15) is 11.4 Å². The van der Waals surface area contributed by atoms with Crippen LogP contribution in [-0.4, -0.2) is 51.9 Å². The largest absolute Gasteiger partial charge is 0.341 e. The van der Waals surface area contributed by atoms with E-state index in [1.54, 1.807) is 12.1 Å². The van der Waals surface area contributed by atoms with E-state index >= 15 is 0 Å². The number of H-pyrrole nitrogens is 1. The van der Waals surface area contributed by atoms with Crippen LogP contribution < -0.4 is 0 Å². The number of aromatic nitrogens is 2. The number of carbonyl (C=O) groups excluding carboxylic acids is 1. The van der Waals surface area contributed by atoms with Crippen LogP contribution in [0.4, 0.5) is 4.39 Å². The maximum atomic E-state index is 13.0. The Morgan fingerprint density at radius 3 is 2.50 bits per heavy atom. The maximum absolute atomic E-state index is 13.0. The molecule has 134 valence electrons. The van der Waals surface area contributed by atoms with Gasteiger partial charge in [0.1, 0.15) is 11.6 Å². The van der Waals surface area contributed by atoms with Gasteiger partial charge in [0, 0.05) is 26.2 Å². The Labute approximate surface area is 151 Å². The number of aromatic amines is 1. The molecular weight excluding hydrogens is 331 g/mol. The van der Waals surface area contributed by atoms with Crippen LogP contribution >= 0.6 is 0 Å². The summed E-state index contributed by atoms with van der Waals surface area (Å²) in [4.78, 5) is 24.6. The zero-order valence-corrected chi connectivity index (χ0v) is 14.5. The summed E-state index contributed by atoms with van der Waals surface area (Å²) in [7, 11) is 0. The molecule has 0 aliphatic carbocycles. The van der Waals surface area contributed by atoms with Gasteiger partial charge in [0.15, 0.2) is 0 Å². The lowest BCUT2D eigenvalue weighted by Gasteiger charge is -2.34. The van der Waals surface area contributed by atoms with Gasteiger partial charge in [-0.3, -0.25) is 9.69 Å². The fraction of sp³-hybridized carbons (Fsp3) is 0.300. The van der Waals surface area contributed by atoms with E-state index in [-0.39, 0.29) is 11.7 Å². The highest BCUT2D eigenvalue weighted by Gasteiger charge is 2.21. The molecule has 0 radical (unpaired) electrons. The average Bonchev–Trinajstić information content (AvgIpc) is 3.06. The van der Waals surface area contributed by atoms with Crippen molar-refractivity contribution in [3.05, 3.63) is 65.7 Å². The summed E-state index contributed by atoms with van der Waals surface area (Å²) in [5.41, 5.74) is 2.88. The molecule has 6 heteroatoms. The standard InChI is InChI=1S/C20H21FN4O/c21-16-7-5-15(6-8-16)13-20(26)25-11-9-24(10-12-25)14-19-22-17-3-1-2-4-18(17)23-19/h1-8H,9-14H2,(H,22,23). The van der Waals surface area contributed by atoms with Crippen molar-refractivity contribution in [3.8, 4) is 0 Å². The van der Waals surface area contributed by atoms with Crippen molar-refractivity contribution in [1.82, 2.24) is 19.8 Å². The molecule has 1 amide bonds. The fourth-order valence-electron chi connectivity index (χ4n) is 3.34. The van der Waals surface area contributed by atoms with Gasteiger partial charge in [-0.2, -0.15) is 0 Å². The van der Waals surface area contributed by atoms with Crippen LogP contribution in [0.3, 0.4) is 0 Å². The molecule has 1 aliphatic heterocycles. The predicted molar refractivity (Wildman–Crippen MR) is 98.1 cm³/mol. The highest BCUT2D eigenvalue weighted by Crippen LogP contribution is 2.13. The lowest BCUT2D eigenvalue weighted by Crippen LogP contribution is -2.48. The molecule has 4 rings (SSSR count). The predicted octanol–water partition coefficient (Wildman–Crippen LogP) is 2.59. The highest BCUT2D eigenvalue weighted by molar-refractivity contribution is 5.79. The van der Waals surface area contributed by atoms with Gasteiger partial charge in [-0.1, -0.05) is 24.3 Å². The van der Waals surface area contributed by atoms with Gasteiger partial charge in [0.05, 0.1) is 24.0 Å². The monoisotopic (exact) mass is 352 g/mol. The van der Waals surface area contributed by atoms with Crippen LogP contribution in [0.15, 0.2) is 48.5 Å². The highest BCUT2D eigenvalue weighted by atomic mass is 19.1. The number of nitrogens with one attached hydrogen (secondary N) is 1. The second-order valence-electron chi connectivity index (χ2n) is 6.66. The summed E-state index contributed by atoms with van der Waals surface area (Å²) in [6.45, 7) is 3.83. The Morgan fingerprint density at radius 2 is 1.77 bits per heavy atom. The maximum Gasteiger partial charge on any atom is 0.227 e. The zero-order chi connectivity index (χ0) is 17.9. The average molecular weight is 352 g/mol. The number of hydrogen-bond donors (Lipinski definition) is 1. The van der Waals surface area contributed by atoms with E-state index < -0.39 is 0 Å². The number of fused-ring (bicyclic) bond motifs is 1. The molecule has 0 unspecified atom stereocenters. The van der Waals surface area contributed by atoms with Gasteiger partial charge in [-0.15, -0.1) is 0 Å². The molecule has 1 saturated heterocycles. The van der Waals surface area contributed by atoms with Crippen LogP contribution in [0.2, 0.25) is 0 Å². The lowest BCUT2D eigenvalue weighted by molar-refractivity contribution is -0.132. The summed E-state index contributed by atoms with van der Waals surface area (Å²) in [6, 6.07) is 14.1. The third kappa shape index (κ3) is 3.75. The van der Waals surface area contributed by atoms with Crippen molar-refractivity contribution in [2.24, 2.45) is 0 Å². The second-order valence-corrected chi connectivity index (χ2v) is 6.66. The lowest BCUT2D eigenvalue weighted by atomic mass is 10.1. The smallest absolute Gasteiger partial charge is 0.227 e. The topological polar surface area (TPSA) is 52.2 Å². The number of hydrogen-bond acceptors (Lipinski definition) is 3. The molecule has 1 fully saturated rings. The van der Waals surface area contributed by atoms with Crippen molar-refractivity contribution < 1.29 is 9.18 Å². The van der Waals surface area contributed by atoms with E-state index in [1.807, 2.05) is 29.2 Å². The van der Waals surface area contributed by atoms with E-state index in [2.05, 4.69) is 14.9 Å². The van der Waals surface area contributed by atoms with Crippen LogP contribution in [0.25, 0.3) is 11.0 Å². The number of halogens is 1. The van der Waals surface area contributed by atoms with Crippen LogP contribution in [-0.2, 0) is 17.8 Å². The third-order valence-corrected chi connectivity index (χ3v) is 4.81. The van der Waals surface area contributed by atoms with Gasteiger partial charge < -0.3 is 9.88 Å². The van der Waals surface area contributed by atoms with Crippen molar-refractivity contribution in [2.75, 3.05) is 26.2 Å². The van der Waals surface area contributed by atoms with Gasteiger partial charge in [0.2, 0.25) is 5.91 Å². The SMILES string of the molecule is O=C(Cc1ccc(F)cc1)N1CCN(Cc2nc3ccccc3[nH]2)CC1. The molecule has 1 N–H and O–H groups in total. The number of amides is 1. The summed E-state index contributed by atoms with van der Waals surface area (Å²) < 4.78 is 13.0. The van der Waals surface area contributed by atoms with Crippen LogP contribution in [0, 0.1) is 5.82 Å². The van der Waals surface area contributed by atoms with Crippen LogP contribution in [0.5, 0.6) is 0 Å². The van der Waals surface area contributed by atoms with Gasteiger partial charge in [-0.25, -0.2) is 9.37 Å². The number of para-hydroxylation sites is 2. The summed E-state index contributed by atoms with van der Waals surface area (Å²) in [5, 5.41) is 0. The quantitative estimate of drug-likeness (QED) is 0.785.